The second-order valence-electron chi connectivity index (χ2n) is 4.31. The number of carbonyl (C=O) groups excluding carboxylic acids is 1. The van der Waals surface area contributed by atoms with E-state index in [-0.39, 0.29) is 18.4 Å². The van der Waals surface area contributed by atoms with Crippen LogP contribution in [0.25, 0.3) is 0 Å². The Kier molecular flexibility index (Phi) is 3.69. The summed E-state index contributed by atoms with van der Waals surface area (Å²) in [6, 6.07) is 7.89. The maximum absolute atomic E-state index is 11.9. The molecule has 0 bridgehead atoms. The average molecular weight is 254 g/mol. The molecule has 1 fully saturated rings. The van der Waals surface area contributed by atoms with Crippen LogP contribution in [0.2, 0.25) is 0 Å². The molecule has 1 saturated heterocycles. The first-order valence-electron chi connectivity index (χ1n) is 5.82. The zero-order valence-corrected chi connectivity index (χ0v) is 10.5. The SMILES string of the molecule is CCc1ccc(N2C[C@H](CO)[C@H](Cl)C2=O)cc1. The van der Waals surface area contributed by atoms with Crippen LogP contribution >= 0.6 is 11.6 Å². The van der Waals surface area contributed by atoms with Crippen LogP contribution < -0.4 is 4.90 Å². The van der Waals surface area contributed by atoms with E-state index in [9.17, 15) is 4.79 Å². The molecule has 0 radical (unpaired) electrons. The van der Waals surface area contributed by atoms with Gasteiger partial charge < -0.3 is 10.0 Å². The Labute approximate surface area is 106 Å². The summed E-state index contributed by atoms with van der Waals surface area (Å²) in [7, 11) is 0. The van der Waals surface area contributed by atoms with E-state index in [4.69, 9.17) is 16.7 Å². The first-order chi connectivity index (χ1) is 8.17. The zero-order valence-electron chi connectivity index (χ0n) is 9.77. The van der Waals surface area contributed by atoms with E-state index in [0.717, 1.165) is 12.1 Å². The molecule has 2 rings (SSSR count). The van der Waals surface area contributed by atoms with Gasteiger partial charge in [0.1, 0.15) is 5.38 Å². The summed E-state index contributed by atoms with van der Waals surface area (Å²) in [5.74, 6) is -0.287. The van der Waals surface area contributed by atoms with Crippen LogP contribution in [0.15, 0.2) is 24.3 Å². The molecule has 1 amide bonds. The average Bonchev–Trinajstić information content (AvgIpc) is 2.66. The standard InChI is InChI=1S/C13H16ClNO2/c1-2-9-3-5-11(6-4-9)15-7-10(8-16)12(14)13(15)17/h3-6,10,12,16H,2,7-8H2,1H3/t10-,12+/m1/s1. The first kappa shape index (κ1) is 12.4. The fraction of sp³-hybridized carbons (Fsp3) is 0.462. The molecule has 92 valence electrons. The van der Waals surface area contributed by atoms with Gasteiger partial charge in [0.05, 0.1) is 0 Å². The Morgan fingerprint density at radius 3 is 2.53 bits per heavy atom. The van der Waals surface area contributed by atoms with Gasteiger partial charge in [-0.1, -0.05) is 19.1 Å². The van der Waals surface area contributed by atoms with Crippen molar-refractivity contribution in [1.82, 2.24) is 0 Å². The summed E-state index contributed by atoms with van der Waals surface area (Å²) in [5, 5.41) is 8.53. The van der Waals surface area contributed by atoms with Gasteiger partial charge in [0.2, 0.25) is 5.91 Å². The van der Waals surface area contributed by atoms with Crippen LogP contribution in [0.1, 0.15) is 12.5 Å². The molecule has 1 heterocycles. The summed E-state index contributed by atoms with van der Waals surface area (Å²) >= 11 is 5.98. The molecule has 0 aromatic heterocycles. The third kappa shape index (κ3) is 2.31. The van der Waals surface area contributed by atoms with Crippen LogP contribution in [0.3, 0.4) is 0 Å². The van der Waals surface area contributed by atoms with Gasteiger partial charge in [-0.15, -0.1) is 11.6 Å². The fourth-order valence-electron chi connectivity index (χ4n) is 2.06. The largest absolute Gasteiger partial charge is 0.396 e. The number of benzene rings is 1. The highest BCUT2D eigenvalue weighted by atomic mass is 35.5. The van der Waals surface area contributed by atoms with Crippen LogP contribution in [0.5, 0.6) is 0 Å². The molecule has 2 atom stereocenters. The van der Waals surface area contributed by atoms with Crippen LogP contribution in [0, 0.1) is 5.92 Å². The molecular weight excluding hydrogens is 238 g/mol. The molecule has 0 aliphatic carbocycles. The van der Waals surface area contributed by atoms with Crippen LogP contribution in [0.4, 0.5) is 5.69 Å². The van der Waals surface area contributed by atoms with Gasteiger partial charge in [-0.2, -0.15) is 0 Å². The Bertz CT molecular complexity index is 404. The number of aliphatic hydroxyl groups is 1. The number of hydrogen-bond acceptors (Lipinski definition) is 2. The minimum atomic E-state index is -0.606. The quantitative estimate of drug-likeness (QED) is 0.835. The van der Waals surface area contributed by atoms with Gasteiger partial charge >= 0.3 is 0 Å². The lowest BCUT2D eigenvalue weighted by Crippen LogP contribution is -2.27. The highest BCUT2D eigenvalue weighted by molar-refractivity contribution is 6.34. The van der Waals surface area contributed by atoms with E-state index in [2.05, 4.69) is 6.92 Å². The number of amides is 1. The summed E-state index contributed by atoms with van der Waals surface area (Å²) in [4.78, 5) is 13.6. The molecule has 1 aromatic carbocycles. The van der Waals surface area contributed by atoms with E-state index < -0.39 is 5.38 Å². The highest BCUT2D eigenvalue weighted by Crippen LogP contribution is 2.28. The third-order valence-electron chi connectivity index (χ3n) is 3.22. The van der Waals surface area contributed by atoms with Gasteiger partial charge in [-0.25, -0.2) is 0 Å². The first-order valence-corrected chi connectivity index (χ1v) is 6.26. The maximum Gasteiger partial charge on any atom is 0.245 e. The molecule has 0 saturated carbocycles. The molecule has 17 heavy (non-hydrogen) atoms. The molecule has 4 heteroatoms. The number of halogens is 1. The van der Waals surface area contributed by atoms with E-state index in [1.807, 2.05) is 24.3 Å². The number of aryl methyl sites for hydroxylation is 1. The van der Waals surface area contributed by atoms with Crippen molar-refractivity contribution >= 4 is 23.2 Å². The fourth-order valence-corrected chi connectivity index (χ4v) is 2.34. The predicted octanol–water partition coefficient (Wildman–Crippen LogP) is 1.81. The van der Waals surface area contributed by atoms with Crippen molar-refractivity contribution in [1.29, 1.82) is 0 Å². The Hall–Kier alpha value is -1.06. The smallest absolute Gasteiger partial charge is 0.245 e. The van der Waals surface area contributed by atoms with Gasteiger partial charge in [-0.3, -0.25) is 4.79 Å². The molecule has 1 aromatic rings. The number of aliphatic hydroxyl groups excluding tert-OH is 1. The molecule has 0 unspecified atom stereocenters. The lowest BCUT2D eigenvalue weighted by molar-refractivity contribution is -0.117. The summed E-state index contributed by atoms with van der Waals surface area (Å²) in [5.41, 5.74) is 2.09. The van der Waals surface area contributed by atoms with Crippen molar-refractivity contribution in [2.24, 2.45) is 5.92 Å². The topological polar surface area (TPSA) is 40.5 Å². The van der Waals surface area contributed by atoms with Gasteiger partial charge in [0.25, 0.3) is 0 Å². The maximum atomic E-state index is 11.9. The second kappa shape index (κ2) is 5.07. The predicted molar refractivity (Wildman–Crippen MR) is 68.4 cm³/mol. The van der Waals surface area contributed by atoms with E-state index in [0.29, 0.717) is 6.54 Å². The van der Waals surface area contributed by atoms with E-state index in [1.165, 1.54) is 5.56 Å². The molecular formula is C13H16ClNO2. The molecule has 0 spiro atoms. The normalized spacial score (nSPS) is 24.4. The molecule has 1 aliphatic rings. The molecule has 3 nitrogen and oxygen atoms in total. The van der Waals surface area contributed by atoms with Crippen molar-refractivity contribution < 1.29 is 9.90 Å². The van der Waals surface area contributed by atoms with Crippen LogP contribution in [-0.2, 0) is 11.2 Å². The second-order valence-corrected chi connectivity index (χ2v) is 4.78. The van der Waals surface area contributed by atoms with Crippen molar-refractivity contribution in [2.75, 3.05) is 18.1 Å². The number of alkyl halides is 1. The Morgan fingerprint density at radius 2 is 2.06 bits per heavy atom. The van der Waals surface area contributed by atoms with Crippen LogP contribution in [-0.4, -0.2) is 29.5 Å². The summed E-state index contributed by atoms with van der Waals surface area (Å²) in [6.07, 6.45) is 0.978. The lowest BCUT2D eigenvalue weighted by atomic mass is 10.1. The van der Waals surface area contributed by atoms with Gasteiger partial charge in [0.15, 0.2) is 0 Å². The third-order valence-corrected chi connectivity index (χ3v) is 3.77. The number of rotatable bonds is 3. The number of anilines is 1. The van der Waals surface area contributed by atoms with Crippen molar-refractivity contribution in [3.63, 3.8) is 0 Å². The minimum absolute atomic E-state index is 0.0521. The zero-order chi connectivity index (χ0) is 12.4. The van der Waals surface area contributed by atoms with Gasteiger partial charge in [0, 0.05) is 24.8 Å². The monoisotopic (exact) mass is 253 g/mol. The van der Waals surface area contributed by atoms with E-state index >= 15 is 0 Å². The van der Waals surface area contributed by atoms with Gasteiger partial charge in [-0.05, 0) is 24.1 Å². The minimum Gasteiger partial charge on any atom is -0.396 e. The van der Waals surface area contributed by atoms with E-state index in [1.54, 1.807) is 4.90 Å². The molecule has 1 N–H and O–H groups in total. The Balaban J connectivity index is 2.20. The summed E-state index contributed by atoms with van der Waals surface area (Å²) < 4.78 is 0. The lowest BCUT2D eigenvalue weighted by Gasteiger charge is -2.16. The van der Waals surface area contributed by atoms with Crippen molar-refractivity contribution in [3.05, 3.63) is 29.8 Å². The summed E-state index contributed by atoms with van der Waals surface area (Å²) in [6.45, 7) is 2.53. The Morgan fingerprint density at radius 1 is 1.41 bits per heavy atom. The number of hydrogen-bond donors (Lipinski definition) is 1. The highest BCUT2D eigenvalue weighted by Gasteiger charge is 2.39. The molecule has 1 aliphatic heterocycles. The van der Waals surface area contributed by atoms with Crippen molar-refractivity contribution in [2.45, 2.75) is 18.7 Å². The number of nitrogens with zero attached hydrogens (tertiary/aromatic N) is 1. The van der Waals surface area contributed by atoms with Crippen molar-refractivity contribution in [3.8, 4) is 0 Å². The number of carbonyl (C=O) groups is 1.